The van der Waals surface area contributed by atoms with Crippen molar-refractivity contribution in [1.82, 2.24) is 10.2 Å². The van der Waals surface area contributed by atoms with Gasteiger partial charge < -0.3 is 15.5 Å². The van der Waals surface area contributed by atoms with Crippen molar-refractivity contribution < 1.29 is 14.4 Å². The average molecular weight is 416 g/mol. The number of likely N-dealkylation sites (tertiary alicyclic amines) is 1. The Morgan fingerprint density at radius 2 is 1.69 bits per heavy atom. The highest BCUT2D eigenvalue weighted by Crippen LogP contribution is 2.36. The predicted molar refractivity (Wildman–Crippen MR) is 114 cm³/mol. The van der Waals surface area contributed by atoms with Crippen LogP contribution in [0.25, 0.3) is 0 Å². The molecule has 1 aromatic rings. The zero-order valence-corrected chi connectivity index (χ0v) is 17.5. The van der Waals surface area contributed by atoms with Crippen molar-refractivity contribution in [1.29, 1.82) is 0 Å². The van der Waals surface area contributed by atoms with Gasteiger partial charge in [-0.05, 0) is 37.8 Å². The average Bonchev–Trinajstić information content (AvgIpc) is 3.01. The van der Waals surface area contributed by atoms with Gasteiger partial charge in [0.25, 0.3) is 0 Å². The van der Waals surface area contributed by atoms with Gasteiger partial charge in [0.2, 0.25) is 17.7 Å². The molecule has 2 heterocycles. The van der Waals surface area contributed by atoms with Crippen LogP contribution in [-0.2, 0) is 14.4 Å². The highest BCUT2D eigenvalue weighted by Gasteiger charge is 2.37. The Bertz CT molecular complexity index is 768. The zero-order chi connectivity index (χ0) is 20.2. The summed E-state index contributed by atoms with van der Waals surface area (Å²) in [6.45, 7) is 1.07. The van der Waals surface area contributed by atoms with E-state index in [1.165, 1.54) is 37.4 Å². The number of fused-ring (bicyclic) bond motifs is 1. The van der Waals surface area contributed by atoms with E-state index in [4.69, 9.17) is 0 Å². The van der Waals surface area contributed by atoms with Crippen LogP contribution in [0, 0.1) is 5.92 Å². The Balaban J connectivity index is 1.29. The van der Waals surface area contributed by atoms with E-state index in [1.807, 2.05) is 24.3 Å². The minimum atomic E-state index is -0.749. The second kappa shape index (κ2) is 9.20. The molecular formula is C22H29N3O3S. The van der Waals surface area contributed by atoms with Gasteiger partial charge in [0, 0.05) is 29.9 Å². The highest BCUT2D eigenvalue weighted by atomic mass is 32.2. The van der Waals surface area contributed by atoms with E-state index < -0.39 is 5.25 Å². The summed E-state index contributed by atoms with van der Waals surface area (Å²) in [6.07, 6.45) is 8.43. The van der Waals surface area contributed by atoms with Crippen molar-refractivity contribution in [2.45, 2.75) is 67.6 Å². The van der Waals surface area contributed by atoms with E-state index in [9.17, 15) is 14.4 Å². The first-order valence-electron chi connectivity index (χ1n) is 10.8. The number of nitrogens with one attached hydrogen (secondary N) is 2. The molecule has 0 bridgehead atoms. The summed E-state index contributed by atoms with van der Waals surface area (Å²) in [7, 11) is 0. The topological polar surface area (TPSA) is 78.5 Å². The number of hydrogen-bond donors (Lipinski definition) is 2. The van der Waals surface area contributed by atoms with Crippen molar-refractivity contribution >= 4 is 35.2 Å². The molecule has 1 aliphatic carbocycles. The van der Waals surface area contributed by atoms with Gasteiger partial charge >= 0.3 is 0 Å². The molecule has 0 aromatic heterocycles. The number of benzene rings is 1. The molecule has 4 rings (SSSR count). The molecule has 2 N–H and O–H groups in total. The lowest BCUT2D eigenvalue weighted by Crippen LogP contribution is -2.50. The van der Waals surface area contributed by atoms with Crippen molar-refractivity contribution in [2.75, 3.05) is 18.4 Å². The number of hydrogen-bond acceptors (Lipinski definition) is 4. The SMILES string of the molecule is O=C(NC1CCCCCC1)C1CCN(C(=O)C2Sc3ccccc3NC2=O)CC1. The summed E-state index contributed by atoms with van der Waals surface area (Å²) in [6, 6.07) is 7.85. The zero-order valence-electron chi connectivity index (χ0n) is 16.7. The van der Waals surface area contributed by atoms with Crippen LogP contribution in [0.2, 0.25) is 0 Å². The van der Waals surface area contributed by atoms with Crippen LogP contribution in [0.3, 0.4) is 0 Å². The predicted octanol–water partition coefficient (Wildman–Crippen LogP) is 3.18. The first-order chi connectivity index (χ1) is 14.1. The van der Waals surface area contributed by atoms with Crippen LogP contribution < -0.4 is 10.6 Å². The summed E-state index contributed by atoms with van der Waals surface area (Å²) in [5, 5.41) is 5.33. The molecule has 2 aliphatic heterocycles. The van der Waals surface area contributed by atoms with Crippen molar-refractivity contribution in [3.05, 3.63) is 24.3 Å². The number of amides is 3. The minimum absolute atomic E-state index is 0.0316. The molecule has 156 valence electrons. The summed E-state index contributed by atoms with van der Waals surface area (Å²) >= 11 is 1.32. The van der Waals surface area contributed by atoms with Crippen molar-refractivity contribution in [3.63, 3.8) is 0 Å². The van der Waals surface area contributed by atoms with Gasteiger partial charge in [-0.15, -0.1) is 11.8 Å². The molecule has 0 radical (unpaired) electrons. The van der Waals surface area contributed by atoms with Crippen molar-refractivity contribution in [2.24, 2.45) is 5.92 Å². The Kier molecular flexibility index (Phi) is 6.43. The maximum absolute atomic E-state index is 12.9. The molecule has 0 spiro atoms. The third kappa shape index (κ3) is 4.77. The number of rotatable bonds is 3. The minimum Gasteiger partial charge on any atom is -0.353 e. The molecule has 7 heteroatoms. The van der Waals surface area contributed by atoms with Crippen LogP contribution in [0.4, 0.5) is 5.69 Å². The molecule has 1 atom stereocenters. The van der Waals surface area contributed by atoms with Crippen LogP contribution in [0.1, 0.15) is 51.4 Å². The number of piperidine rings is 1. The second-order valence-corrected chi connectivity index (χ2v) is 9.43. The van der Waals surface area contributed by atoms with Gasteiger partial charge in [-0.25, -0.2) is 0 Å². The monoisotopic (exact) mass is 415 g/mol. The first kappa shape index (κ1) is 20.3. The fourth-order valence-electron chi connectivity index (χ4n) is 4.48. The van der Waals surface area contributed by atoms with E-state index in [1.54, 1.807) is 4.90 Å². The van der Waals surface area contributed by atoms with Gasteiger partial charge in [0.15, 0.2) is 5.25 Å². The number of carbonyl (C=O) groups excluding carboxylic acids is 3. The summed E-state index contributed by atoms with van der Waals surface area (Å²) < 4.78 is 0. The molecule has 1 unspecified atom stereocenters. The lowest BCUT2D eigenvalue weighted by molar-refractivity contribution is -0.137. The Morgan fingerprint density at radius 3 is 2.41 bits per heavy atom. The number of carbonyl (C=O) groups is 3. The highest BCUT2D eigenvalue weighted by molar-refractivity contribution is 8.01. The molecule has 3 aliphatic rings. The van der Waals surface area contributed by atoms with E-state index in [0.29, 0.717) is 32.0 Å². The standard InChI is InChI=1S/C22H29N3O3S/c26-20(23-16-7-3-1-2-4-8-16)15-11-13-25(14-12-15)22(28)19-21(27)24-17-9-5-6-10-18(17)29-19/h5-6,9-10,15-16,19H,1-4,7-8,11-14H2,(H,23,26)(H,24,27). The third-order valence-electron chi connectivity index (χ3n) is 6.23. The largest absolute Gasteiger partial charge is 0.353 e. The van der Waals surface area contributed by atoms with E-state index >= 15 is 0 Å². The number of thioether (sulfide) groups is 1. The summed E-state index contributed by atoms with van der Waals surface area (Å²) in [5.41, 5.74) is 0.764. The van der Waals surface area contributed by atoms with Gasteiger partial charge in [-0.1, -0.05) is 37.8 Å². The third-order valence-corrected chi connectivity index (χ3v) is 7.49. The fraction of sp³-hybridized carbons (Fsp3) is 0.591. The van der Waals surface area contributed by atoms with Gasteiger partial charge in [-0.2, -0.15) is 0 Å². The molecule has 6 nitrogen and oxygen atoms in total. The maximum atomic E-state index is 12.9. The van der Waals surface area contributed by atoms with Crippen LogP contribution >= 0.6 is 11.8 Å². The van der Waals surface area contributed by atoms with Crippen LogP contribution in [0.15, 0.2) is 29.2 Å². The lowest BCUT2D eigenvalue weighted by Gasteiger charge is -2.34. The van der Waals surface area contributed by atoms with E-state index in [2.05, 4.69) is 10.6 Å². The van der Waals surface area contributed by atoms with Crippen LogP contribution in [0.5, 0.6) is 0 Å². The first-order valence-corrected chi connectivity index (χ1v) is 11.7. The normalized spacial score (nSPS) is 23.7. The van der Waals surface area contributed by atoms with Gasteiger partial charge in [0.1, 0.15) is 0 Å². The van der Waals surface area contributed by atoms with Crippen molar-refractivity contribution in [3.8, 4) is 0 Å². The number of para-hydroxylation sites is 1. The van der Waals surface area contributed by atoms with Crippen LogP contribution in [-0.4, -0.2) is 47.0 Å². The molecule has 1 saturated carbocycles. The van der Waals surface area contributed by atoms with E-state index in [-0.39, 0.29) is 23.6 Å². The lowest BCUT2D eigenvalue weighted by atomic mass is 9.94. The fourth-order valence-corrected chi connectivity index (χ4v) is 5.56. The maximum Gasteiger partial charge on any atom is 0.247 e. The molecule has 29 heavy (non-hydrogen) atoms. The number of anilines is 1. The summed E-state index contributed by atoms with van der Waals surface area (Å²) in [5.74, 6) is -0.296. The van der Waals surface area contributed by atoms with Gasteiger partial charge in [0.05, 0.1) is 5.69 Å². The quantitative estimate of drug-likeness (QED) is 0.587. The van der Waals surface area contributed by atoms with E-state index in [0.717, 1.165) is 23.4 Å². The number of nitrogens with zero attached hydrogens (tertiary/aromatic N) is 1. The Morgan fingerprint density at radius 1 is 1.00 bits per heavy atom. The molecule has 1 aromatic carbocycles. The Hall–Kier alpha value is -2.02. The smallest absolute Gasteiger partial charge is 0.247 e. The Labute approximate surface area is 176 Å². The second-order valence-electron chi connectivity index (χ2n) is 8.28. The molecule has 3 amide bonds. The molecule has 1 saturated heterocycles. The van der Waals surface area contributed by atoms with Gasteiger partial charge in [-0.3, -0.25) is 14.4 Å². The molecule has 2 fully saturated rings. The summed E-state index contributed by atoms with van der Waals surface area (Å²) in [4.78, 5) is 40.7. The molecular weight excluding hydrogens is 386 g/mol.